The van der Waals surface area contributed by atoms with E-state index in [9.17, 15) is 4.79 Å². The highest BCUT2D eigenvalue weighted by atomic mass is 35.5. The number of carbonyl (C=O) groups is 1. The number of imidazole rings is 1. The van der Waals surface area contributed by atoms with Gasteiger partial charge in [0.1, 0.15) is 5.52 Å². The monoisotopic (exact) mass is 308 g/mol. The molecular weight excluding hydrogens is 292 g/mol. The van der Waals surface area contributed by atoms with Crippen LogP contribution in [0.5, 0.6) is 0 Å². The number of rotatable bonds is 3. The molecule has 1 aliphatic rings. The Balaban J connectivity index is 1.71. The number of nitrogens with one attached hydrogen (secondary N) is 2. The van der Waals surface area contributed by atoms with Crippen LogP contribution in [0, 0.1) is 5.92 Å². The topological polar surface area (TPSA) is 86.8 Å². The highest BCUT2D eigenvalue weighted by molar-refractivity contribution is 6.28. The van der Waals surface area contributed by atoms with Crippen molar-refractivity contribution in [2.75, 3.05) is 24.5 Å². The van der Waals surface area contributed by atoms with Crippen molar-refractivity contribution in [1.82, 2.24) is 25.3 Å². The van der Waals surface area contributed by atoms with Gasteiger partial charge in [-0.2, -0.15) is 9.97 Å². The molecule has 0 aromatic carbocycles. The molecule has 2 aromatic rings. The molecule has 8 heteroatoms. The molecular formula is C13H17ClN6O. The predicted molar refractivity (Wildman–Crippen MR) is 80.3 cm³/mol. The van der Waals surface area contributed by atoms with E-state index >= 15 is 0 Å². The molecule has 1 saturated heterocycles. The number of amides is 1. The molecule has 1 amide bonds. The largest absolute Gasteiger partial charge is 0.356 e. The lowest BCUT2D eigenvalue weighted by Crippen LogP contribution is -2.38. The highest BCUT2D eigenvalue weighted by Gasteiger charge is 2.23. The van der Waals surface area contributed by atoms with Gasteiger partial charge in [-0.05, 0) is 30.4 Å². The van der Waals surface area contributed by atoms with Crippen LogP contribution in [0.2, 0.25) is 5.28 Å². The van der Waals surface area contributed by atoms with Gasteiger partial charge < -0.3 is 15.2 Å². The summed E-state index contributed by atoms with van der Waals surface area (Å²) in [5, 5.41) is 3.10. The van der Waals surface area contributed by atoms with Crippen molar-refractivity contribution in [1.29, 1.82) is 0 Å². The summed E-state index contributed by atoms with van der Waals surface area (Å²) < 4.78 is 0. The molecule has 0 atom stereocenters. The number of nitrogens with zero attached hydrogens (tertiary/aromatic N) is 4. The lowest BCUT2D eigenvalue weighted by molar-refractivity contribution is -0.119. The molecule has 2 aromatic heterocycles. The molecule has 112 valence electrons. The van der Waals surface area contributed by atoms with E-state index in [-0.39, 0.29) is 11.2 Å². The quantitative estimate of drug-likeness (QED) is 0.836. The normalized spacial score (nSPS) is 16.4. The number of aromatic amines is 1. The lowest BCUT2D eigenvalue weighted by Gasteiger charge is -2.32. The Hall–Kier alpha value is -1.89. The van der Waals surface area contributed by atoms with Crippen molar-refractivity contribution in [3.63, 3.8) is 0 Å². The van der Waals surface area contributed by atoms with Gasteiger partial charge in [0.2, 0.25) is 11.2 Å². The van der Waals surface area contributed by atoms with Gasteiger partial charge in [-0.25, -0.2) is 4.98 Å². The van der Waals surface area contributed by atoms with Crippen LogP contribution >= 0.6 is 11.6 Å². The number of piperidine rings is 1. The number of H-pyrrole nitrogens is 1. The summed E-state index contributed by atoms with van der Waals surface area (Å²) in [6, 6.07) is 0. The van der Waals surface area contributed by atoms with Gasteiger partial charge in [0.25, 0.3) is 0 Å². The van der Waals surface area contributed by atoms with Crippen molar-refractivity contribution in [2.24, 2.45) is 5.92 Å². The first-order valence-corrected chi connectivity index (χ1v) is 7.37. The van der Waals surface area contributed by atoms with Crippen molar-refractivity contribution >= 4 is 34.5 Å². The number of halogens is 1. The van der Waals surface area contributed by atoms with E-state index in [1.807, 2.05) is 0 Å². The molecule has 1 aliphatic heterocycles. The Kier molecular flexibility index (Phi) is 3.92. The molecule has 0 saturated carbocycles. The summed E-state index contributed by atoms with van der Waals surface area (Å²) in [5.74, 6) is 1.35. The number of aromatic nitrogens is 4. The van der Waals surface area contributed by atoms with Crippen molar-refractivity contribution in [3.8, 4) is 0 Å². The maximum Gasteiger partial charge on any atom is 0.226 e. The van der Waals surface area contributed by atoms with E-state index in [1.54, 1.807) is 13.3 Å². The SMILES string of the molecule is CC(=O)NCC1CCN(c2nc(Cl)nc3nc[nH]c23)CC1. The maximum absolute atomic E-state index is 11.0. The van der Waals surface area contributed by atoms with Crippen LogP contribution in [0.4, 0.5) is 5.82 Å². The summed E-state index contributed by atoms with van der Waals surface area (Å²) >= 11 is 5.96. The predicted octanol–water partition coefficient (Wildman–Crippen LogP) is 1.36. The second-order valence-electron chi connectivity index (χ2n) is 5.28. The molecule has 0 unspecified atom stereocenters. The van der Waals surface area contributed by atoms with E-state index in [4.69, 9.17) is 11.6 Å². The zero-order chi connectivity index (χ0) is 14.8. The van der Waals surface area contributed by atoms with E-state index in [2.05, 4.69) is 30.2 Å². The highest BCUT2D eigenvalue weighted by Crippen LogP contribution is 2.27. The first-order valence-electron chi connectivity index (χ1n) is 6.99. The van der Waals surface area contributed by atoms with Crippen LogP contribution in [0.1, 0.15) is 19.8 Å². The minimum absolute atomic E-state index is 0.0270. The van der Waals surface area contributed by atoms with Gasteiger partial charge in [-0.15, -0.1) is 0 Å². The minimum atomic E-state index is 0.0270. The van der Waals surface area contributed by atoms with E-state index in [0.717, 1.165) is 43.8 Å². The average molecular weight is 309 g/mol. The third-order valence-electron chi connectivity index (χ3n) is 3.79. The van der Waals surface area contributed by atoms with Crippen LogP contribution in [0.3, 0.4) is 0 Å². The van der Waals surface area contributed by atoms with Gasteiger partial charge >= 0.3 is 0 Å². The smallest absolute Gasteiger partial charge is 0.226 e. The molecule has 0 bridgehead atoms. The van der Waals surface area contributed by atoms with Crippen LogP contribution in [0.25, 0.3) is 11.2 Å². The molecule has 7 nitrogen and oxygen atoms in total. The Morgan fingerprint density at radius 1 is 1.48 bits per heavy atom. The first kappa shape index (κ1) is 14.1. The van der Waals surface area contributed by atoms with Crippen LogP contribution < -0.4 is 10.2 Å². The maximum atomic E-state index is 11.0. The van der Waals surface area contributed by atoms with Gasteiger partial charge in [0.15, 0.2) is 11.5 Å². The zero-order valence-corrected chi connectivity index (χ0v) is 12.5. The van der Waals surface area contributed by atoms with Gasteiger partial charge in [-0.3, -0.25) is 4.79 Å². The molecule has 3 heterocycles. The lowest BCUT2D eigenvalue weighted by atomic mass is 9.97. The third kappa shape index (κ3) is 3.07. The molecule has 1 fully saturated rings. The summed E-state index contributed by atoms with van der Waals surface area (Å²) in [5.41, 5.74) is 1.41. The zero-order valence-electron chi connectivity index (χ0n) is 11.8. The standard InChI is InChI=1S/C13H17ClN6O/c1-8(21)15-6-9-2-4-20(5-3-9)12-10-11(17-7-16-10)18-13(14)19-12/h7,9H,2-6H2,1H3,(H,15,21)(H,16,17,18,19). The Morgan fingerprint density at radius 2 is 2.24 bits per heavy atom. The number of anilines is 1. The van der Waals surface area contributed by atoms with Crippen molar-refractivity contribution in [3.05, 3.63) is 11.6 Å². The summed E-state index contributed by atoms with van der Waals surface area (Å²) in [6.07, 6.45) is 3.62. The number of hydrogen-bond acceptors (Lipinski definition) is 5. The number of carbonyl (C=O) groups excluding carboxylic acids is 1. The summed E-state index contributed by atoms with van der Waals surface area (Å²) in [7, 11) is 0. The number of fused-ring (bicyclic) bond motifs is 1. The molecule has 0 radical (unpaired) electrons. The fourth-order valence-corrected chi connectivity index (χ4v) is 2.82. The summed E-state index contributed by atoms with van der Waals surface area (Å²) in [6.45, 7) is 4.05. The second-order valence-corrected chi connectivity index (χ2v) is 5.62. The fraction of sp³-hybridized carbons (Fsp3) is 0.538. The molecule has 0 aliphatic carbocycles. The Morgan fingerprint density at radius 3 is 2.95 bits per heavy atom. The second kappa shape index (κ2) is 5.85. The Labute approximate surface area is 127 Å². The van der Waals surface area contributed by atoms with Crippen molar-refractivity contribution in [2.45, 2.75) is 19.8 Å². The van der Waals surface area contributed by atoms with Crippen LogP contribution in [0.15, 0.2) is 6.33 Å². The average Bonchev–Trinajstić information content (AvgIpc) is 2.93. The third-order valence-corrected chi connectivity index (χ3v) is 3.96. The molecule has 0 spiro atoms. The Bertz CT molecular complexity index is 649. The fourth-order valence-electron chi connectivity index (χ4n) is 2.66. The molecule has 2 N–H and O–H groups in total. The molecule has 3 rings (SSSR count). The van der Waals surface area contributed by atoms with Gasteiger partial charge in [0, 0.05) is 26.6 Å². The summed E-state index contributed by atoms with van der Waals surface area (Å²) in [4.78, 5) is 28.8. The van der Waals surface area contributed by atoms with Crippen LogP contribution in [-0.2, 0) is 4.79 Å². The van der Waals surface area contributed by atoms with E-state index in [1.165, 1.54) is 0 Å². The van der Waals surface area contributed by atoms with E-state index in [0.29, 0.717) is 11.6 Å². The number of hydrogen-bond donors (Lipinski definition) is 2. The van der Waals surface area contributed by atoms with Gasteiger partial charge in [-0.1, -0.05) is 0 Å². The van der Waals surface area contributed by atoms with Crippen molar-refractivity contribution < 1.29 is 4.79 Å². The minimum Gasteiger partial charge on any atom is -0.356 e. The van der Waals surface area contributed by atoms with E-state index < -0.39 is 0 Å². The van der Waals surface area contributed by atoms with Gasteiger partial charge in [0.05, 0.1) is 6.33 Å². The molecule has 21 heavy (non-hydrogen) atoms. The first-order chi connectivity index (χ1) is 10.1. The van der Waals surface area contributed by atoms with Crippen LogP contribution in [-0.4, -0.2) is 45.5 Å².